The summed E-state index contributed by atoms with van der Waals surface area (Å²) in [4.78, 5) is 5.88. The summed E-state index contributed by atoms with van der Waals surface area (Å²) in [5, 5.41) is 2.08. The number of hydrogen-bond acceptors (Lipinski definition) is 3. The molecule has 0 bridgehead atoms. The summed E-state index contributed by atoms with van der Waals surface area (Å²) in [7, 11) is 0. The maximum atomic E-state index is 5.93. The smallest absolute Gasteiger partial charge is 0.127 e. The second kappa shape index (κ2) is 3.96. The van der Waals surface area contributed by atoms with E-state index >= 15 is 0 Å². The standard InChI is InChI=1S/C11H14N2S/c1-2-3-8-4-5-10-9(6-7-14-10)11(12)13-8/h2,6-8H,1,3-5H2,(H2,12,13). The number of aryl methyl sites for hydroxylation is 1. The van der Waals surface area contributed by atoms with E-state index in [4.69, 9.17) is 5.73 Å². The fourth-order valence-electron chi connectivity index (χ4n) is 1.75. The molecule has 0 spiro atoms. The van der Waals surface area contributed by atoms with Gasteiger partial charge in [0.25, 0.3) is 0 Å². The second-order valence-electron chi connectivity index (χ2n) is 3.49. The molecule has 1 atom stereocenters. The first-order chi connectivity index (χ1) is 6.81. The number of rotatable bonds is 2. The van der Waals surface area contributed by atoms with E-state index < -0.39 is 0 Å². The van der Waals surface area contributed by atoms with Crippen LogP contribution in [0.3, 0.4) is 0 Å². The van der Waals surface area contributed by atoms with Gasteiger partial charge in [0.05, 0.1) is 6.04 Å². The summed E-state index contributed by atoms with van der Waals surface area (Å²) in [5.41, 5.74) is 7.07. The number of aliphatic imine (C=N–C) groups is 1. The van der Waals surface area contributed by atoms with Crippen LogP contribution in [0.5, 0.6) is 0 Å². The van der Waals surface area contributed by atoms with Crippen LogP contribution >= 0.6 is 11.3 Å². The van der Waals surface area contributed by atoms with Crippen molar-refractivity contribution in [2.24, 2.45) is 10.7 Å². The number of thiophene rings is 1. The van der Waals surface area contributed by atoms with Crippen molar-refractivity contribution in [3.8, 4) is 0 Å². The molecule has 0 aliphatic carbocycles. The molecule has 1 aliphatic heterocycles. The van der Waals surface area contributed by atoms with E-state index in [9.17, 15) is 0 Å². The topological polar surface area (TPSA) is 38.4 Å². The maximum absolute atomic E-state index is 5.93. The van der Waals surface area contributed by atoms with E-state index in [0.29, 0.717) is 11.9 Å². The van der Waals surface area contributed by atoms with E-state index in [1.807, 2.05) is 6.08 Å². The van der Waals surface area contributed by atoms with Gasteiger partial charge in [-0.05, 0) is 30.7 Å². The quantitative estimate of drug-likeness (QED) is 0.741. The van der Waals surface area contributed by atoms with Crippen molar-refractivity contribution in [2.75, 3.05) is 0 Å². The van der Waals surface area contributed by atoms with Crippen LogP contribution in [0.2, 0.25) is 0 Å². The van der Waals surface area contributed by atoms with Crippen molar-refractivity contribution in [3.63, 3.8) is 0 Å². The van der Waals surface area contributed by atoms with Gasteiger partial charge in [-0.3, -0.25) is 4.99 Å². The molecule has 0 aromatic carbocycles. The van der Waals surface area contributed by atoms with Gasteiger partial charge in [-0.15, -0.1) is 17.9 Å². The Labute approximate surface area is 88.2 Å². The molecule has 14 heavy (non-hydrogen) atoms. The third-order valence-corrected chi connectivity index (χ3v) is 3.47. The Morgan fingerprint density at radius 3 is 3.36 bits per heavy atom. The molecular formula is C11H14N2S. The molecule has 0 radical (unpaired) electrons. The van der Waals surface area contributed by atoms with Crippen LogP contribution in [0.15, 0.2) is 29.1 Å². The van der Waals surface area contributed by atoms with Gasteiger partial charge in [-0.1, -0.05) is 6.08 Å². The molecule has 1 aliphatic rings. The average molecular weight is 206 g/mol. The fourth-order valence-corrected chi connectivity index (χ4v) is 2.66. The predicted molar refractivity (Wildman–Crippen MR) is 62.0 cm³/mol. The van der Waals surface area contributed by atoms with Crippen LogP contribution in [0.4, 0.5) is 0 Å². The Kier molecular flexibility index (Phi) is 2.68. The molecule has 0 fully saturated rings. The highest BCUT2D eigenvalue weighted by molar-refractivity contribution is 7.10. The zero-order valence-corrected chi connectivity index (χ0v) is 8.89. The molecule has 1 aromatic heterocycles. The lowest BCUT2D eigenvalue weighted by Crippen LogP contribution is -2.15. The largest absolute Gasteiger partial charge is 0.383 e. The van der Waals surface area contributed by atoms with Gasteiger partial charge in [0.2, 0.25) is 0 Å². The van der Waals surface area contributed by atoms with Gasteiger partial charge in [0.15, 0.2) is 0 Å². The summed E-state index contributed by atoms with van der Waals surface area (Å²) in [5.74, 6) is 0.700. The molecule has 74 valence electrons. The summed E-state index contributed by atoms with van der Waals surface area (Å²) >= 11 is 1.78. The Morgan fingerprint density at radius 2 is 2.57 bits per heavy atom. The summed E-state index contributed by atoms with van der Waals surface area (Å²) in [6.45, 7) is 3.74. The van der Waals surface area contributed by atoms with E-state index in [1.165, 1.54) is 4.88 Å². The molecule has 2 nitrogen and oxygen atoms in total. The van der Waals surface area contributed by atoms with Crippen molar-refractivity contribution < 1.29 is 0 Å². The van der Waals surface area contributed by atoms with Gasteiger partial charge >= 0.3 is 0 Å². The third kappa shape index (κ3) is 1.73. The highest BCUT2D eigenvalue weighted by Gasteiger charge is 2.16. The fraction of sp³-hybridized carbons (Fsp3) is 0.364. The van der Waals surface area contributed by atoms with Crippen molar-refractivity contribution in [1.82, 2.24) is 0 Å². The first-order valence-corrected chi connectivity index (χ1v) is 5.70. The van der Waals surface area contributed by atoms with E-state index in [2.05, 4.69) is 23.0 Å². The van der Waals surface area contributed by atoms with Crippen molar-refractivity contribution in [2.45, 2.75) is 25.3 Å². The lowest BCUT2D eigenvalue weighted by Gasteiger charge is -2.06. The average Bonchev–Trinajstić information content (AvgIpc) is 2.57. The number of hydrogen-bond donors (Lipinski definition) is 1. The first-order valence-electron chi connectivity index (χ1n) is 4.82. The highest BCUT2D eigenvalue weighted by Crippen LogP contribution is 2.24. The minimum atomic E-state index is 0.326. The van der Waals surface area contributed by atoms with Crippen LogP contribution < -0.4 is 5.73 Å². The summed E-state index contributed by atoms with van der Waals surface area (Å²) in [6, 6.07) is 2.39. The molecule has 2 N–H and O–H groups in total. The van der Waals surface area contributed by atoms with Crippen LogP contribution in [0.1, 0.15) is 23.3 Å². The normalized spacial score (nSPS) is 20.9. The van der Waals surface area contributed by atoms with Crippen molar-refractivity contribution in [3.05, 3.63) is 34.5 Å². The number of nitrogens with two attached hydrogens (primary N) is 1. The SMILES string of the molecule is C=CCC1CCc2sccc2C(N)=N1. The van der Waals surface area contributed by atoms with Crippen LogP contribution in [-0.4, -0.2) is 11.9 Å². The zero-order valence-electron chi connectivity index (χ0n) is 8.07. The molecule has 2 rings (SSSR count). The zero-order chi connectivity index (χ0) is 9.97. The predicted octanol–water partition coefficient (Wildman–Crippen LogP) is 2.34. The van der Waals surface area contributed by atoms with Crippen LogP contribution in [0, 0.1) is 0 Å². The van der Waals surface area contributed by atoms with Gasteiger partial charge in [-0.25, -0.2) is 0 Å². The third-order valence-electron chi connectivity index (χ3n) is 2.49. The highest BCUT2D eigenvalue weighted by atomic mass is 32.1. The van der Waals surface area contributed by atoms with Crippen molar-refractivity contribution in [1.29, 1.82) is 0 Å². The Balaban J connectivity index is 2.27. The molecule has 0 saturated carbocycles. The summed E-state index contributed by atoms with van der Waals surface area (Å²) < 4.78 is 0. The monoisotopic (exact) mass is 206 g/mol. The molecular weight excluding hydrogens is 192 g/mol. The van der Waals surface area contributed by atoms with E-state index in [0.717, 1.165) is 24.8 Å². The van der Waals surface area contributed by atoms with E-state index in [1.54, 1.807) is 11.3 Å². The number of amidine groups is 1. The minimum Gasteiger partial charge on any atom is -0.383 e. The van der Waals surface area contributed by atoms with E-state index in [-0.39, 0.29) is 0 Å². The number of nitrogens with zero attached hydrogens (tertiary/aromatic N) is 1. The second-order valence-corrected chi connectivity index (χ2v) is 4.49. The Bertz CT molecular complexity index is 365. The minimum absolute atomic E-state index is 0.326. The lowest BCUT2D eigenvalue weighted by atomic mass is 10.1. The first kappa shape index (κ1) is 9.46. The Hall–Kier alpha value is -1.09. The molecule has 0 saturated heterocycles. The molecule has 1 aromatic rings. The van der Waals surface area contributed by atoms with Gasteiger partial charge in [0, 0.05) is 10.4 Å². The maximum Gasteiger partial charge on any atom is 0.127 e. The van der Waals surface area contributed by atoms with Crippen LogP contribution in [-0.2, 0) is 6.42 Å². The van der Waals surface area contributed by atoms with Gasteiger partial charge < -0.3 is 5.73 Å². The van der Waals surface area contributed by atoms with Crippen molar-refractivity contribution >= 4 is 17.2 Å². The molecule has 2 heterocycles. The Morgan fingerprint density at radius 1 is 1.71 bits per heavy atom. The molecule has 3 heteroatoms. The lowest BCUT2D eigenvalue weighted by molar-refractivity contribution is 0.633. The van der Waals surface area contributed by atoms with Gasteiger partial charge in [0.1, 0.15) is 5.84 Å². The summed E-state index contributed by atoms with van der Waals surface area (Å²) in [6.07, 6.45) is 5.02. The molecule has 1 unspecified atom stereocenters. The van der Waals surface area contributed by atoms with Crippen LogP contribution in [0.25, 0.3) is 0 Å². The number of fused-ring (bicyclic) bond motifs is 1. The van der Waals surface area contributed by atoms with Gasteiger partial charge in [-0.2, -0.15) is 0 Å². The molecule has 0 amide bonds.